The number of carbonyl (C=O) groups is 1. The van der Waals surface area contributed by atoms with E-state index in [2.05, 4.69) is 17.3 Å². The molecule has 0 aromatic carbocycles. The Labute approximate surface area is 124 Å². The second-order valence-electron chi connectivity index (χ2n) is 5.82. The average Bonchev–Trinajstić information content (AvgIpc) is 3.02. The molecule has 0 radical (unpaired) electrons. The van der Waals surface area contributed by atoms with Crippen LogP contribution in [-0.4, -0.2) is 45.8 Å². The van der Waals surface area contributed by atoms with Gasteiger partial charge in [-0.25, -0.2) is 0 Å². The van der Waals surface area contributed by atoms with Gasteiger partial charge >= 0.3 is 0 Å². The SMILES string of the molecule is C[C@@H]1CSC[C@H]1N[C@@H]1CCCN(c2ccn(C)n2)C1=O. The molecule has 2 fully saturated rings. The summed E-state index contributed by atoms with van der Waals surface area (Å²) in [5.41, 5.74) is 0. The van der Waals surface area contributed by atoms with Gasteiger partial charge in [0.1, 0.15) is 0 Å². The lowest BCUT2D eigenvalue weighted by molar-refractivity contribution is -0.122. The number of aromatic nitrogens is 2. The number of piperidine rings is 1. The van der Waals surface area contributed by atoms with Crippen LogP contribution in [0.2, 0.25) is 0 Å². The zero-order valence-corrected chi connectivity index (χ0v) is 12.9. The zero-order valence-electron chi connectivity index (χ0n) is 12.1. The summed E-state index contributed by atoms with van der Waals surface area (Å²) in [6.07, 6.45) is 3.86. The fraction of sp³-hybridized carbons (Fsp3) is 0.714. The molecule has 3 rings (SSSR count). The van der Waals surface area contributed by atoms with Crippen LogP contribution in [0.4, 0.5) is 5.82 Å². The van der Waals surface area contributed by atoms with Crippen LogP contribution >= 0.6 is 11.8 Å². The van der Waals surface area contributed by atoms with Crippen LogP contribution in [0.15, 0.2) is 12.3 Å². The van der Waals surface area contributed by atoms with E-state index in [1.165, 1.54) is 5.75 Å². The third-order valence-electron chi connectivity index (χ3n) is 4.20. The second kappa shape index (κ2) is 5.77. The van der Waals surface area contributed by atoms with Crippen molar-refractivity contribution in [2.45, 2.75) is 31.8 Å². The molecule has 1 aromatic heterocycles. The molecule has 0 unspecified atom stereocenters. The number of aryl methyl sites for hydroxylation is 1. The molecule has 1 N–H and O–H groups in total. The third kappa shape index (κ3) is 2.72. The second-order valence-corrected chi connectivity index (χ2v) is 6.90. The maximum Gasteiger partial charge on any atom is 0.245 e. The molecular weight excluding hydrogens is 272 g/mol. The Balaban J connectivity index is 1.68. The lowest BCUT2D eigenvalue weighted by Gasteiger charge is -2.33. The Morgan fingerprint density at radius 1 is 1.45 bits per heavy atom. The van der Waals surface area contributed by atoms with Gasteiger partial charge in [0.2, 0.25) is 5.91 Å². The largest absolute Gasteiger partial charge is 0.302 e. The number of thioether (sulfide) groups is 1. The van der Waals surface area contributed by atoms with Gasteiger partial charge in [0.05, 0.1) is 6.04 Å². The smallest absolute Gasteiger partial charge is 0.245 e. The molecule has 20 heavy (non-hydrogen) atoms. The lowest BCUT2D eigenvalue weighted by Crippen LogP contribution is -2.54. The van der Waals surface area contributed by atoms with E-state index >= 15 is 0 Å². The molecule has 1 amide bonds. The van der Waals surface area contributed by atoms with Crippen molar-refractivity contribution in [1.29, 1.82) is 0 Å². The first-order chi connectivity index (χ1) is 9.65. The Morgan fingerprint density at radius 3 is 2.95 bits per heavy atom. The van der Waals surface area contributed by atoms with E-state index < -0.39 is 0 Å². The summed E-state index contributed by atoms with van der Waals surface area (Å²) < 4.78 is 1.75. The molecule has 6 heteroatoms. The van der Waals surface area contributed by atoms with Gasteiger partial charge in [-0.1, -0.05) is 6.92 Å². The van der Waals surface area contributed by atoms with Crippen LogP contribution in [0.1, 0.15) is 19.8 Å². The summed E-state index contributed by atoms with van der Waals surface area (Å²) in [7, 11) is 1.88. The van der Waals surface area contributed by atoms with Crippen LogP contribution in [0.5, 0.6) is 0 Å². The van der Waals surface area contributed by atoms with Gasteiger partial charge in [0.25, 0.3) is 0 Å². The van der Waals surface area contributed by atoms with E-state index in [4.69, 9.17) is 0 Å². The fourth-order valence-corrected chi connectivity index (χ4v) is 4.36. The molecule has 0 bridgehead atoms. The molecule has 0 saturated carbocycles. The molecule has 3 atom stereocenters. The topological polar surface area (TPSA) is 50.2 Å². The predicted molar refractivity (Wildman–Crippen MR) is 82.0 cm³/mol. The predicted octanol–water partition coefficient (Wildman–Crippen LogP) is 1.26. The van der Waals surface area contributed by atoms with Gasteiger partial charge < -0.3 is 5.32 Å². The van der Waals surface area contributed by atoms with Crippen LogP contribution in [0.25, 0.3) is 0 Å². The van der Waals surface area contributed by atoms with Crippen molar-refractivity contribution in [1.82, 2.24) is 15.1 Å². The average molecular weight is 294 g/mol. The van der Waals surface area contributed by atoms with Gasteiger partial charge in [-0.2, -0.15) is 16.9 Å². The van der Waals surface area contributed by atoms with Crippen molar-refractivity contribution < 1.29 is 4.79 Å². The number of carbonyl (C=O) groups excluding carboxylic acids is 1. The van der Waals surface area contributed by atoms with E-state index in [0.29, 0.717) is 12.0 Å². The number of hydrogen-bond donors (Lipinski definition) is 1. The normalized spacial score (nSPS) is 31.0. The molecular formula is C14H22N4OS. The maximum atomic E-state index is 12.6. The van der Waals surface area contributed by atoms with Gasteiger partial charge in [-0.3, -0.25) is 14.4 Å². The molecule has 2 saturated heterocycles. The minimum atomic E-state index is -0.0445. The van der Waals surface area contributed by atoms with Gasteiger partial charge in [0.15, 0.2) is 5.82 Å². The molecule has 3 heterocycles. The van der Waals surface area contributed by atoms with Crippen molar-refractivity contribution in [3.05, 3.63) is 12.3 Å². The van der Waals surface area contributed by atoms with Crippen LogP contribution in [0, 0.1) is 5.92 Å². The summed E-state index contributed by atoms with van der Waals surface area (Å²) in [5.74, 6) is 3.92. The van der Waals surface area contributed by atoms with Crippen LogP contribution < -0.4 is 10.2 Å². The Morgan fingerprint density at radius 2 is 2.30 bits per heavy atom. The zero-order chi connectivity index (χ0) is 14.1. The van der Waals surface area contributed by atoms with Gasteiger partial charge in [0, 0.05) is 37.7 Å². The monoisotopic (exact) mass is 294 g/mol. The van der Waals surface area contributed by atoms with Gasteiger partial charge in [-0.05, 0) is 24.5 Å². The molecule has 1 aromatic rings. The highest BCUT2D eigenvalue weighted by molar-refractivity contribution is 7.99. The molecule has 2 aliphatic heterocycles. The highest BCUT2D eigenvalue weighted by Crippen LogP contribution is 2.26. The molecule has 0 aliphatic carbocycles. The number of nitrogens with zero attached hydrogens (tertiary/aromatic N) is 3. The number of amides is 1. The van der Waals surface area contributed by atoms with Crippen molar-refractivity contribution in [3.63, 3.8) is 0 Å². The highest BCUT2D eigenvalue weighted by atomic mass is 32.2. The summed E-state index contributed by atoms with van der Waals surface area (Å²) in [4.78, 5) is 14.5. The lowest BCUT2D eigenvalue weighted by atomic mass is 10.0. The first-order valence-corrected chi connectivity index (χ1v) is 8.45. The molecule has 2 aliphatic rings. The number of hydrogen-bond acceptors (Lipinski definition) is 4. The van der Waals surface area contributed by atoms with E-state index in [1.54, 1.807) is 4.68 Å². The summed E-state index contributed by atoms with van der Waals surface area (Å²) in [6.45, 7) is 3.05. The molecule has 0 spiro atoms. The van der Waals surface area contributed by atoms with Crippen molar-refractivity contribution in [2.75, 3.05) is 23.0 Å². The first-order valence-electron chi connectivity index (χ1n) is 7.30. The number of anilines is 1. The minimum absolute atomic E-state index is 0.0445. The van der Waals surface area contributed by atoms with Gasteiger partial charge in [-0.15, -0.1) is 0 Å². The standard InChI is InChI=1S/C14H22N4OS/c1-10-8-20-9-12(10)15-11-4-3-6-18(14(11)19)13-5-7-17(2)16-13/h5,7,10-12,15H,3-4,6,8-9H2,1-2H3/t10-,11-,12-/m1/s1. The van der Waals surface area contributed by atoms with E-state index in [0.717, 1.165) is 31.0 Å². The Hall–Kier alpha value is -1.01. The van der Waals surface area contributed by atoms with E-state index in [-0.39, 0.29) is 11.9 Å². The number of nitrogens with one attached hydrogen (secondary N) is 1. The third-order valence-corrected chi connectivity index (χ3v) is 5.55. The van der Waals surface area contributed by atoms with Crippen LogP contribution in [0.3, 0.4) is 0 Å². The van der Waals surface area contributed by atoms with Crippen molar-refractivity contribution in [3.8, 4) is 0 Å². The van der Waals surface area contributed by atoms with Crippen LogP contribution in [-0.2, 0) is 11.8 Å². The quantitative estimate of drug-likeness (QED) is 0.912. The Bertz CT molecular complexity index is 489. The first kappa shape index (κ1) is 13.9. The summed E-state index contributed by atoms with van der Waals surface area (Å²) >= 11 is 1.98. The van der Waals surface area contributed by atoms with Crippen molar-refractivity contribution in [2.24, 2.45) is 13.0 Å². The minimum Gasteiger partial charge on any atom is -0.302 e. The molecule has 110 valence electrons. The summed E-state index contributed by atoms with van der Waals surface area (Å²) in [5, 5.41) is 7.93. The highest BCUT2D eigenvalue weighted by Gasteiger charge is 2.34. The number of rotatable bonds is 3. The summed E-state index contributed by atoms with van der Waals surface area (Å²) in [6, 6.07) is 2.34. The Kier molecular flexibility index (Phi) is 4.03. The maximum absolute atomic E-state index is 12.6. The molecule has 5 nitrogen and oxygen atoms in total. The van der Waals surface area contributed by atoms with Crippen molar-refractivity contribution >= 4 is 23.5 Å². The van der Waals surface area contributed by atoms with E-state index in [1.807, 2.05) is 36.0 Å². The van der Waals surface area contributed by atoms with E-state index in [9.17, 15) is 4.79 Å². The fourth-order valence-electron chi connectivity index (χ4n) is 2.94.